The summed E-state index contributed by atoms with van der Waals surface area (Å²) in [6.07, 6.45) is 10.5. The van der Waals surface area contributed by atoms with Gasteiger partial charge in [0.1, 0.15) is 24.2 Å². The van der Waals surface area contributed by atoms with Gasteiger partial charge in [-0.1, -0.05) is 87.1 Å². The van der Waals surface area contributed by atoms with Gasteiger partial charge in [-0.2, -0.15) is 0 Å². The molecule has 1 aromatic heterocycles. The summed E-state index contributed by atoms with van der Waals surface area (Å²) < 4.78 is 0. The van der Waals surface area contributed by atoms with E-state index in [0.29, 0.717) is 57.8 Å². The van der Waals surface area contributed by atoms with Crippen LogP contribution >= 0.6 is 0 Å². The van der Waals surface area contributed by atoms with Gasteiger partial charge in [-0.05, 0) is 80.9 Å². The average Bonchev–Trinajstić information content (AvgIpc) is 4.07. The summed E-state index contributed by atoms with van der Waals surface area (Å²) in [4.78, 5) is 107. The lowest BCUT2D eigenvalue weighted by Crippen LogP contribution is -2.86. The second kappa shape index (κ2) is 21.6. The van der Waals surface area contributed by atoms with Crippen molar-refractivity contribution in [2.45, 2.75) is 151 Å². The molecule has 69 heavy (non-hydrogen) atoms. The zero-order valence-electron chi connectivity index (χ0n) is 39.6. The quantitative estimate of drug-likeness (QED) is 0.0639. The molecule has 18 heteroatoms. The number of aryl methyl sites for hydroxylation is 1. The number of benzene rings is 2. The summed E-state index contributed by atoms with van der Waals surface area (Å²) in [6.45, 7) is 1.77. The third kappa shape index (κ3) is 10.6. The van der Waals surface area contributed by atoms with Crippen molar-refractivity contribution in [1.82, 2.24) is 47.1 Å². The van der Waals surface area contributed by atoms with Crippen molar-refractivity contribution in [3.05, 3.63) is 71.9 Å². The van der Waals surface area contributed by atoms with Crippen LogP contribution in [-0.4, -0.2) is 118 Å². The van der Waals surface area contributed by atoms with Crippen LogP contribution in [0.15, 0.2) is 60.8 Å². The molecule has 2 aliphatic carbocycles. The molecule has 2 aromatic carbocycles. The predicted octanol–water partition coefficient (Wildman–Crippen LogP) is 2.11. The van der Waals surface area contributed by atoms with E-state index in [1.807, 2.05) is 54.6 Å². The van der Waals surface area contributed by atoms with Gasteiger partial charge in [0.25, 0.3) is 0 Å². The number of fused-ring (bicyclic) bond motifs is 2. The number of nitrogens with one attached hydrogen (secondary N) is 9. The topological polar surface area (TPSA) is 273 Å². The van der Waals surface area contributed by atoms with E-state index in [0.717, 1.165) is 54.1 Å². The summed E-state index contributed by atoms with van der Waals surface area (Å²) in [5.41, 5.74) is 5.70. The normalized spacial score (nSPS) is 28.4. The first-order valence-electron chi connectivity index (χ1n) is 25.0. The van der Waals surface area contributed by atoms with Gasteiger partial charge in [0.05, 0.1) is 17.6 Å². The van der Waals surface area contributed by atoms with Crippen LogP contribution in [0.1, 0.15) is 108 Å². The van der Waals surface area contributed by atoms with Crippen LogP contribution in [0.4, 0.5) is 0 Å². The molecule has 0 radical (unpaired) electrons. The number of hydrogen-bond acceptors (Lipinski definition) is 9. The Balaban J connectivity index is 1.16. The Kier molecular flexibility index (Phi) is 15.3. The molecule has 8 rings (SSSR count). The number of amides is 6. The van der Waals surface area contributed by atoms with Crippen molar-refractivity contribution >= 4 is 58.1 Å². The molecule has 4 heterocycles. The van der Waals surface area contributed by atoms with Crippen LogP contribution in [0.25, 0.3) is 10.9 Å². The van der Waals surface area contributed by atoms with E-state index < -0.39 is 70.8 Å². The second-order valence-electron chi connectivity index (χ2n) is 20.0. The van der Waals surface area contributed by atoms with Crippen LogP contribution in [0.3, 0.4) is 0 Å². The van der Waals surface area contributed by atoms with Gasteiger partial charge in [-0.3, -0.25) is 44.3 Å². The number of H-pyrrole nitrogens is 1. The summed E-state index contributed by atoms with van der Waals surface area (Å²) in [7, 11) is 0. The summed E-state index contributed by atoms with van der Waals surface area (Å²) in [5.74, 6) is -3.27. The van der Waals surface area contributed by atoms with Gasteiger partial charge in [-0.15, -0.1) is 0 Å². The zero-order valence-corrected chi connectivity index (χ0v) is 39.6. The molecule has 11 N–H and O–H groups in total. The molecule has 2 saturated carbocycles. The lowest BCUT2D eigenvalue weighted by Gasteiger charge is -2.61. The minimum absolute atomic E-state index is 0.0671. The molecule has 3 aromatic rings. The number of Topliss-reactive ketones (excluding diaryl/α,β-unsaturated/α-hetero) is 1. The molecule has 1 spiro atoms. The fourth-order valence-electron chi connectivity index (χ4n) is 12.1. The van der Waals surface area contributed by atoms with E-state index in [1.165, 1.54) is 6.92 Å². The van der Waals surface area contributed by atoms with Crippen molar-refractivity contribution in [2.75, 3.05) is 19.6 Å². The fraction of sp³-hybridized carbons (Fsp3) is 0.569. The number of nitrogens with two attached hydrogens (primary N) is 1. The maximum atomic E-state index is 15.2. The molecule has 5 aliphatic rings. The number of carbonyl (C=O) groups excluding carboxylic acids is 7. The third-order valence-electron chi connectivity index (χ3n) is 15.6. The number of ketones is 1. The van der Waals surface area contributed by atoms with Crippen molar-refractivity contribution in [3.8, 4) is 0 Å². The molecule has 3 aliphatic heterocycles. The Morgan fingerprint density at radius 1 is 0.841 bits per heavy atom. The molecule has 5 fully saturated rings. The molecule has 6 amide bonds. The standard InChI is InChI=1S/C51H69N11O7/c1-31(63)57-37(22-21-32-13-4-2-5-14-32)43(64)51-24-12-23-50(51)30-56-44(65)38(19-10-25-54-49(52)53)58-46(67)40(28-34-29-55-36-18-9-8-17-35(34)36)59-45(66)39(27-33-15-6-3-7-16-33)60-47(68)41-20-11-26-62(41)48(69)42(50)61-51/h2,4-5,8-9,13-14,17-18,29,33,37-42,55,61H,3,6-7,10-12,15-16,19-28,30H2,1H3,(H,56,65)(H,57,63)(H,58,67)(H,59,66)(H,60,68)(H4,52,53,54)/t37-,38-,39+,40-,41-,42+,50?,51?/m0/s1. The van der Waals surface area contributed by atoms with E-state index in [9.17, 15) is 24.0 Å². The maximum Gasteiger partial charge on any atom is 0.243 e. The number of nitrogens with zero attached hydrogens (tertiary/aromatic N) is 1. The van der Waals surface area contributed by atoms with Crippen LogP contribution in [0.2, 0.25) is 0 Å². The largest absolute Gasteiger partial charge is 0.370 e. The molecule has 8 atom stereocenters. The van der Waals surface area contributed by atoms with Gasteiger partial charge < -0.3 is 47.5 Å². The highest BCUT2D eigenvalue weighted by atomic mass is 16.2. The van der Waals surface area contributed by atoms with Gasteiger partial charge in [0, 0.05) is 55.5 Å². The monoisotopic (exact) mass is 948 g/mol. The number of hydrogen-bond donors (Lipinski definition) is 10. The number of rotatable bonds is 14. The highest BCUT2D eigenvalue weighted by Crippen LogP contribution is 2.57. The first kappa shape index (κ1) is 49.1. The fourth-order valence-corrected chi connectivity index (χ4v) is 12.1. The number of carbonyl (C=O) groups is 7. The lowest BCUT2D eigenvalue weighted by molar-refractivity contribution is -0.163. The molecular formula is C51H69N11O7. The van der Waals surface area contributed by atoms with Gasteiger partial charge in [-0.25, -0.2) is 0 Å². The minimum atomic E-state index is -1.32. The highest BCUT2D eigenvalue weighted by molar-refractivity contribution is 6.02. The summed E-state index contributed by atoms with van der Waals surface area (Å²) >= 11 is 0. The summed E-state index contributed by atoms with van der Waals surface area (Å²) in [5, 5.41) is 29.7. The van der Waals surface area contributed by atoms with E-state index >= 15 is 9.59 Å². The number of aromatic nitrogens is 1. The van der Waals surface area contributed by atoms with E-state index in [2.05, 4.69) is 42.2 Å². The molecule has 370 valence electrons. The van der Waals surface area contributed by atoms with Crippen molar-refractivity contribution in [3.63, 3.8) is 0 Å². The molecule has 18 nitrogen and oxygen atoms in total. The highest BCUT2D eigenvalue weighted by Gasteiger charge is 2.74. The Bertz CT molecular complexity index is 2400. The molecule has 0 bridgehead atoms. The second-order valence-corrected chi connectivity index (χ2v) is 20.0. The molecule has 3 saturated heterocycles. The van der Waals surface area contributed by atoms with Crippen molar-refractivity contribution in [1.29, 1.82) is 5.41 Å². The number of para-hydroxylation sites is 1. The molecule has 2 unspecified atom stereocenters. The summed E-state index contributed by atoms with van der Waals surface area (Å²) in [6, 6.07) is 11.2. The van der Waals surface area contributed by atoms with Gasteiger partial charge in [0.15, 0.2) is 11.7 Å². The van der Waals surface area contributed by atoms with Crippen LogP contribution in [-0.2, 0) is 46.4 Å². The van der Waals surface area contributed by atoms with Crippen LogP contribution < -0.4 is 43.0 Å². The first-order chi connectivity index (χ1) is 33.3. The Labute approximate surface area is 403 Å². The van der Waals surface area contributed by atoms with E-state index in [4.69, 9.17) is 11.1 Å². The number of aromatic amines is 1. The Morgan fingerprint density at radius 3 is 2.33 bits per heavy atom. The maximum absolute atomic E-state index is 15.2. The molecular weight excluding hydrogens is 879 g/mol. The average molecular weight is 948 g/mol. The van der Waals surface area contributed by atoms with Crippen molar-refractivity contribution < 1.29 is 33.6 Å². The smallest absolute Gasteiger partial charge is 0.243 e. The predicted molar refractivity (Wildman–Crippen MR) is 259 cm³/mol. The van der Waals surface area contributed by atoms with Crippen LogP contribution in [0, 0.1) is 16.7 Å². The van der Waals surface area contributed by atoms with Crippen LogP contribution in [0.5, 0.6) is 0 Å². The minimum Gasteiger partial charge on any atom is -0.370 e. The third-order valence-corrected chi connectivity index (χ3v) is 15.6. The Morgan fingerprint density at radius 2 is 1.57 bits per heavy atom. The van der Waals surface area contributed by atoms with Gasteiger partial charge in [0.2, 0.25) is 35.4 Å². The van der Waals surface area contributed by atoms with E-state index in [1.54, 1.807) is 11.1 Å². The lowest BCUT2D eigenvalue weighted by atomic mass is 9.55. The van der Waals surface area contributed by atoms with Gasteiger partial charge >= 0.3 is 0 Å². The Hall–Kier alpha value is -6.30. The van der Waals surface area contributed by atoms with E-state index in [-0.39, 0.29) is 62.0 Å². The first-order valence-corrected chi connectivity index (χ1v) is 25.0. The van der Waals surface area contributed by atoms with Crippen molar-refractivity contribution in [2.24, 2.45) is 17.1 Å². The number of guanidine groups is 1. The zero-order chi connectivity index (χ0) is 48.7. The SMILES string of the molecule is CC(=O)N[C@@H](CCc1ccccc1)C(=O)C12CCCC13CNC(=O)[C@H](CCCNC(=N)N)NC(=O)[C@H](Cc1c[nH]c4ccccc14)NC(=O)[C@@H](CC1CCCCC1)NC(=O)[C@@H]1CCCN1C(=O)[C@H]3N2.